The number of rotatable bonds is 10. The number of hydrogen-bond acceptors (Lipinski definition) is 4. The van der Waals surface area contributed by atoms with Gasteiger partial charge in [-0.1, -0.05) is 0 Å². The van der Waals surface area contributed by atoms with Crippen LogP contribution in [0.25, 0.3) is 0 Å². The molecule has 7 nitrogen and oxygen atoms in total. The topological polar surface area (TPSA) is 71.1 Å². The summed E-state index contributed by atoms with van der Waals surface area (Å²) < 4.78 is 38.8. The zero-order valence-electron chi connectivity index (χ0n) is 16.0. The van der Waals surface area contributed by atoms with Crippen LogP contribution in [-0.4, -0.2) is 85.0 Å². The van der Waals surface area contributed by atoms with E-state index in [1.807, 2.05) is 4.67 Å². The van der Waals surface area contributed by atoms with E-state index in [0.29, 0.717) is 62.5 Å². The fourth-order valence-electron chi connectivity index (χ4n) is 2.79. The molecule has 168 valence electrons. The van der Waals surface area contributed by atoms with E-state index in [9.17, 15) is 9.13 Å². The molecule has 0 aliphatic carbocycles. The Kier molecular flexibility index (Phi) is 15.0. The molecular weight excluding hydrogens is 490 g/mol. The average molecular weight is 521 g/mol. The van der Waals surface area contributed by atoms with Crippen LogP contribution in [0.5, 0.6) is 0 Å². The molecule has 0 aromatic rings. The molecule has 0 aromatic carbocycles. The average Bonchev–Trinajstić information content (AvgIpc) is 2.69. The highest BCUT2D eigenvalue weighted by atomic mass is 35.5. The molecule has 2 unspecified atom stereocenters. The number of halogens is 4. The van der Waals surface area contributed by atoms with Gasteiger partial charge in [-0.3, -0.25) is 9.13 Å². The fourth-order valence-corrected chi connectivity index (χ4v) is 8.48. The normalized spacial score (nSPS) is 28.8. The molecule has 2 saturated heterocycles. The Morgan fingerprint density at radius 3 is 2.14 bits per heavy atom. The van der Waals surface area contributed by atoms with Crippen LogP contribution < -0.4 is 5.09 Å². The summed E-state index contributed by atoms with van der Waals surface area (Å²) in [7, 11) is -5.43. The first kappa shape index (κ1) is 27.5. The van der Waals surface area contributed by atoms with E-state index in [1.54, 1.807) is 4.67 Å². The molecule has 0 spiro atoms. The van der Waals surface area contributed by atoms with Crippen LogP contribution in [0.15, 0.2) is 0 Å². The summed E-state index contributed by atoms with van der Waals surface area (Å²) in [5.74, 6) is 1.87. The maximum Gasteiger partial charge on any atom is 0.343 e. The Hall–Kier alpha value is 1.42. The van der Waals surface area contributed by atoms with Crippen molar-refractivity contribution >= 4 is 61.6 Å². The summed E-state index contributed by atoms with van der Waals surface area (Å²) in [4.78, 5) is 0. The Morgan fingerprint density at radius 2 is 1.61 bits per heavy atom. The highest BCUT2D eigenvalue weighted by molar-refractivity contribution is 7.56. The molecule has 2 rings (SSSR count). The van der Waals surface area contributed by atoms with Crippen molar-refractivity contribution in [3.63, 3.8) is 0 Å². The fraction of sp³-hybridized carbons (Fsp3) is 1.00. The summed E-state index contributed by atoms with van der Waals surface area (Å²) in [6.45, 7) is 4.37. The van der Waals surface area contributed by atoms with Gasteiger partial charge in [0.2, 0.25) is 0 Å². The molecule has 2 fully saturated rings. The molecule has 2 heterocycles. The minimum Gasteiger partial charge on any atom is -0.317 e. The van der Waals surface area contributed by atoms with E-state index in [-0.39, 0.29) is 0 Å². The van der Waals surface area contributed by atoms with Crippen LogP contribution in [0, 0.1) is 0 Å². The quantitative estimate of drug-likeness (QED) is 0.332. The highest BCUT2D eigenvalue weighted by Gasteiger charge is 2.34. The molecule has 0 aromatic heterocycles. The zero-order valence-corrected chi connectivity index (χ0v) is 20.9. The molecule has 1 N–H and O–H groups in total. The third-order valence-corrected chi connectivity index (χ3v) is 9.96. The third kappa shape index (κ3) is 9.28. The second kappa shape index (κ2) is 15.3. The number of nitrogens with zero attached hydrogens (tertiary/aromatic N) is 2. The molecular formula is C15H31Cl4N3O4P2. The Balaban J connectivity index is 0.000000280. The van der Waals surface area contributed by atoms with Gasteiger partial charge in [0.05, 0.1) is 13.2 Å². The Bertz CT molecular complexity index is 493. The molecule has 2 aliphatic rings. The van der Waals surface area contributed by atoms with Gasteiger partial charge in [0.15, 0.2) is 0 Å². The first-order valence-corrected chi connectivity index (χ1v) is 14.9. The van der Waals surface area contributed by atoms with Crippen molar-refractivity contribution in [1.82, 2.24) is 14.4 Å². The summed E-state index contributed by atoms with van der Waals surface area (Å²) in [6.07, 6.45) is 3.10. The molecule has 28 heavy (non-hydrogen) atoms. The summed E-state index contributed by atoms with van der Waals surface area (Å²) >= 11 is 22.5. The van der Waals surface area contributed by atoms with Crippen molar-refractivity contribution < 1.29 is 18.2 Å². The molecule has 0 amide bonds. The monoisotopic (exact) mass is 519 g/mol. The second-order valence-electron chi connectivity index (χ2n) is 6.18. The van der Waals surface area contributed by atoms with Crippen molar-refractivity contribution in [2.24, 2.45) is 0 Å². The van der Waals surface area contributed by atoms with Crippen molar-refractivity contribution in [3.05, 3.63) is 0 Å². The molecule has 2 atom stereocenters. The molecule has 0 bridgehead atoms. The number of alkyl halides is 4. The summed E-state index contributed by atoms with van der Waals surface area (Å²) in [5, 5.41) is 2.91. The van der Waals surface area contributed by atoms with Gasteiger partial charge >= 0.3 is 7.67 Å². The predicted octanol–water partition coefficient (Wildman–Crippen LogP) is 4.65. The maximum absolute atomic E-state index is 12.3. The minimum atomic E-state index is -2.84. The lowest BCUT2D eigenvalue weighted by atomic mass is 10.4. The van der Waals surface area contributed by atoms with Crippen molar-refractivity contribution in [2.45, 2.75) is 19.3 Å². The van der Waals surface area contributed by atoms with Crippen molar-refractivity contribution in [1.29, 1.82) is 0 Å². The van der Waals surface area contributed by atoms with Crippen molar-refractivity contribution in [2.75, 3.05) is 75.6 Å². The van der Waals surface area contributed by atoms with E-state index in [4.69, 9.17) is 55.5 Å². The van der Waals surface area contributed by atoms with Gasteiger partial charge in [-0.2, -0.15) is 0 Å². The van der Waals surface area contributed by atoms with Crippen molar-refractivity contribution in [3.8, 4) is 0 Å². The minimum absolute atomic E-state index is 0.423. The Labute approximate surface area is 188 Å². The standard InChI is InChI=1S/C8H16Cl2NO2P.C7H15Cl2N2O2P/c9-3-1-8-14(12)11(6-4-10)5-2-7-13-14;8-2-5-11(6-3-9)14(12)10-4-1-7-13-14/h1-8H2;1-7H2,(H,10,12). The van der Waals surface area contributed by atoms with Crippen LogP contribution in [0.1, 0.15) is 19.3 Å². The van der Waals surface area contributed by atoms with E-state index < -0.39 is 15.2 Å². The lowest BCUT2D eigenvalue weighted by Crippen LogP contribution is -2.35. The highest BCUT2D eigenvalue weighted by Crippen LogP contribution is 2.53. The summed E-state index contributed by atoms with van der Waals surface area (Å²) in [6, 6.07) is 0. The van der Waals surface area contributed by atoms with E-state index in [2.05, 4.69) is 5.09 Å². The molecule has 13 heteroatoms. The summed E-state index contributed by atoms with van der Waals surface area (Å²) in [5.41, 5.74) is 0. The van der Waals surface area contributed by atoms with Crippen LogP contribution in [-0.2, 0) is 18.2 Å². The zero-order chi connectivity index (χ0) is 20.9. The van der Waals surface area contributed by atoms with Gasteiger partial charge in [0.1, 0.15) is 0 Å². The number of hydrogen-bond donors (Lipinski definition) is 1. The van der Waals surface area contributed by atoms with Gasteiger partial charge in [-0.25, -0.2) is 14.4 Å². The molecule has 2 aliphatic heterocycles. The SMILES string of the molecule is O=P1(CCCCl)OCCCN1CCCl.O=P1(N(CCCl)CCCl)NCCCO1. The maximum atomic E-state index is 12.3. The van der Waals surface area contributed by atoms with Gasteiger partial charge in [0.25, 0.3) is 7.52 Å². The van der Waals surface area contributed by atoms with E-state index in [1.165, 1.54) is 0 Å². The van der Waals surface area contributed by atoms with E-state index in [0.717, 1.165) is 32.4 Å². The third-order valence-electron chi connectivity index (χ3n) is 4.16. The van der Waals surface area contributed by atoms with Gasteiger partial charge < -0.3 is 9.05 Å². The molecule has 0 saturated carbocycles. The molecule has 0 radical (unpaired) electrons. The second-order valence-corrected chi connectivity index (χ2v) is 12.4. The van der Waals surface area contributed by atoms with Gasteiger partial charge in [-0.15, -0.1) is 46.4 Å². The predicted molar refractivity (Wildman–Crippen MR) is 120 cm³/mol. The van der Waals surface area contributed by atoms with Crippen LogP contribution in [0.2, 0.25) is 0 Å². The lowest BCUT2D eigenvalue weighted by Gasteiger charge is -2.34. The lowest BCUT2D eigenvalue weighted by molar-refractivity contribution is 0.210. The van der Waals surface area contributed by atoms with Crippen LogP contribution in [0.4, 0.5) is 0 Å². The van der Waals surface area contributed by atoms with Gasteiger partial charge in [0, 0.05) is 62.4 Å². The number of nitrogens with one attached hydrogen (secondary N) is 1. The van der Waals surface area contributed by atoms with Crippen LogP contribution >= 0.6 is 61.6 Å². The van der Waals surface area contributed by atoms with Crippen LogP contribution in [0.3, 0.4) is 0 Å². The first-order valence-electron chi connectivity index (χ1n) is 9.43. The smallest absolute Gasteiger partial charge is 0.317 e. The Morgan fingerprint density at radius 1 is 0.929 bits per heavy atom. The first-order chi connectivity index (χ1) is 13.5. The van der Waals surface area contributed by atoms with E-state index >= 15 is 0 Å². The largest absolute Gasteiger partial charge is 0.343 e. The van der Waals surface area contributed by atoms with Gasteiger partial charge in [-0.05, 0) is 19.3 Å².